The van der Waals surface area contributed by atoms with Gasteiger partial charge in [-0.1, -0.05) is 49.4 Å². The number of anilines is 2. The van der Waals surface area contributed by atoms with Crippen molar-refractivity contribution in [3.05, 3.63) is 90.0 Å². The highest BCUT2D eigenvalue weighted by molar-refractivity contribution is 8.01. The summed E-state index contributed by atoms with van der Waals surface area (Å²) in [6.07, 6.45) is 2.71. The van der Waals surface area contributed by atoms with Gasteiger partial charge in [0.15, 0.2) is 0 Å². The van der Waals surface area contributed by atoms with Crippen LogP contribution < -0.4 is 10.0 Å². The smallest absolute Gasteiger partial charge is 0.228 e. The number of benzene rings is 3. The van der Waals surface area contributed by atoms with Crippen LogP contribution in [0.4, 0.5) is 11.4 Å². The highest BCUT2D eigenvalue weighted by Crippen LogP contribution is 2.56. The van der Waals surface area contributed by atoms with Gasteiger partial charge in [0.2, 0.25) is 5.91 Å². The summed E-state index contributed by atoms with van der Waals surface area (Å²) in [6.45, 7) is 2.14. The van der Waals surface area contributed by atoms with E-state index in [1.54, 1.807) is 11.9 Å². The molecule has 1 saturated carbocycles. The molecule has 0 spiro atoms. The molecule has 0 aromatic heterocycles. The van der Waals surface area contributed by atoms with Crippen LogP contribution >= 0.6 is 23.7 Å². The Labute approximate surface area is 187 Å². The van der Waals surface area contributed by atoms with E-state index in [0.29, 0.717) is 6.42 Å². The summed E-state index contributed by atoms with van der Waals surface area (Å²) in [5, 5.41) is 3.02. The first-order valence-corrected chi connectivity index (χ1v) is 12.1. The molecule has 3 aromatic carbocycles. The van der Waals surface area contributed by atoms with Crippen molar-refractivity contribution in [2.75, 3.05) is 15.8 Å². The van der Waals surface area contributed by atoms with E-state index in [2.05, 4.69) is 53.4 Å². The highest BCUT2D eigenvalue weighted by Gasteiger charge is 2.45. The van der Waals surface area contributed by atoms with Gasteiger partial charge in [-0.3, -0.25) is 4.79 Å². The molecule has 1 aliphatic carbocycles. The maximum Gasteiger partial charge on any atom is 0.228 e. The number of carbonyl (C=O) groups excluding carboxylic acids is 1. The minimum absolute atomic E-state index is 0.0138. The van der Waals surface area contributed by atoms with Crippen LogP contribution in [0.1, 0.15) is 30.9 Å². The lowest BCUT2D eigenvalue weighted by Crippen LogP contribution is -2.14. The van der Waals surface area contributed by atoms with E-state index in [1.807, 2.05) is 54.2 Å². The largest absolute Gasteiger partial charge is 0.329 e. The van der Waals surface area contributed by atoms with E-state index >= 15 is 0 Å². The van der Waals surface area contributed by atoms with Crippen molar-refractivity contribution < 1.29 is 4.79 Å². The monoisotopic (exact) mass is 434 g/mol. The third-order valence-corrected chi connectivity index (χ3v) is 7.40. The first-order chi connectivity index (χ1) is 14.7. The fourth-order valence-electron chi connectivity index (χ4n) is 3.34. The van der Waals surface area contributed by atoms with Gasteiger partial charge in [-0.05, 0) is 78.1 Å². The van der Waals surface area contributed by atoms with Crippen molar-refractivity contribution in [2.24, 2.45) is 0 Å². The Morgan fingerprint density at radius 3 is 2.23 bits per heavy atom. The number of nitrogens with one attached hydrogen (secondary N) is 2. The van der Waals surface area contributed by atoms with Gasteiger partial charge in [0.25, 0.3) is 0 Å². The molecule has 0 unspecified atom stereocenters. The number of rotatable bonds is 9. The van der Waals surface area contributed by atoms with Crippen LogP contribution in [0.5, 0.6) is 0 Å². The Hall–Kier alpha value is -2.37. The maximum atomic E-state index is 12.4. The predicted molar refractivity (Wildman–Crippen MR) is 130 cm³/mol. The van der Waals surface area contributed by atoms with Gasteiger partial charge in [0.05, 0.1) is 11.2 Å². The second-order valence-corrected chi connectivity index (χ2v) is 9.97. The predicted octanol–water partition coefficient (Wildman–Crippen LogP) is 6.73. The van der Waals surface area contributed by atoms with E-state index in [4.69, 9.17) is 0 Å². The fraction of sp³-hybridized carbons (Fsp3) is 0.240. The molecule has 5 heteroatoms. The average molecular weight is 435 g/mol. The summed E-state index contributed by atoms with van der Waals surface area (Å²) < 4.78 is 3.61. The molecular weight excluding hydrogens is 408 g/mol. The van der Waals surface area contributed by atoms with Crippen molar-refractivity contribution in [3.63, 3.8) is 0 Å². The maximum absolute atomic E-state index is 12.4. The number of thioether (sulfide) groups is 1. The zero-order valence-corrected chi connectivity index (χ0v) is 18.7. The summed E-state index contributed by atoms with van der Waals surface area (Å²) in [5.74, 6) is 1.07. The van der Waals surface area contributed by atoms with Crippen LogP contribution in [0.25, 0.3) is 0 Å². The molecule has 1 amide bonds. The van der Waals surface area contributed by atoms with Gasteiger partial charge in [-0.15, -0.1) is 11.8 Å². The number of hydrogen-bond acceptors (Lipinski definition) is 4. The Balaban J connectivity index is 1.31. The standard InChI is InChI=1S/C25H26N2OS2/c1-2-29-23-14-8-19(9-15-23)18-24(28)26-21-12-10-20(11-13-21)25(16-17-25)30-27-22-6-4-3-5-7-22/h3-15,27H,2,16-18H2,1H3,(H,26,28). The fourth-order valence-corrected chi connectivity index (χ4v) is 5.02. The molecule has 154 valence electrons. The van der Waals surface area contributed by atoms with E-state index < -0.39 is 0 Å². The lowest BCUT2D eigenvalue weighted by molar-refractivity contribution is -0.115. The van der Waals surface area contributed by atoms with Gasteiger partial charge in [-0.25, -0.2) is 0 Å². The molecule has 0 atom stereocenters. The number of amides is 1. The van der Waals surface area contributed by atoms with Crippen LogP contribution in [-0.4, -0.2) is 11.7 Å². The molecule has 1 fully saturated rings. The Bertz CT molecular complexity index is 968. The van der Waals surface area contributed by atoms with Gasteiger partial charge in [0.1, 0.15) is 0 Å². The lowest BCUT2D eigenvalue weighted by atomic mass is 10.1. The van der Waals surface area contributed by atoms with Crippen LogP contribution in [0.3, 0.4) is 0 Å². The quantitative estimate of drug-likeness (QED) is 0.289. The third-order valence-electron chi connectivity index (χ3n) is 5.14. The molecule has 4 rings (SSSR count). The summed E-state index contributed by atoms with van der Waals surface area (Å²) in [4.78, 5) is 13.7. The zero-order valence-electron chi connectivity index (χ0n) is 17.1. The molecule has 30 heavy (non-hydrogen) atoms. The Morgan fingerprint density at radius 2 is 1.60 bits per heavy atom. The van der Waals surface area contributed by atoms with Crippen LogP contribution in [0.2, 0.25) is 0 Å². The second-order valence-electron chi connectivity index (χ2n) is 7.44. The highest BCUT2D eigenvalue weighted by atomic mass is 32.2. The number of hydrogen-bond donors (Lipinski definition) is 2. The summed E-state index contributed by atoms with van der Waals surface area (Å²) in [5.41, 5.74) is 4.31. The Morgan fingerprint density at radius 1 is 0.900 bits per heavy atom. The molecule has 2 N–H and O–H groups in total. The third kappa shape index (κ3) is 5.41. The van der Waals surface area contributed by atoms with Crippen molar-refractivity contribution >= 4 is 41.0 Å². The topological polar surface area (TPSA) is 41.1 Å². The summed E-state index contributed by atoms with van der Waals surface area (Å²) in [6, 6.07) is 26.8. The lowest BCUT2D eigenvalue weighted by Gasteiger charge is -2.17. The Kier molecular flexibility index (Phi) is 6.70. The molecule has 0 saturated heterocycles. The van der Waals surface area contributed by atoms with E-state index in [-0.39, 0.29) is 10.7 Å². The van der Waals surface area contributed by atoms with Gasteiger partial charge in [0, 0.05) is 16.3 Å². The van der Waals surface area contributed by atoms with Crippen molar-refractivity contribution in [1.29, 1.82) is 0 Å². The van der Waals surface area contributed by atoms with Gasteiger partial charge < -0.3 is 10.0 Å². The van der Waals surface area contributed by atoms with Crippen LogP contribution in [-0.2, 0) is 16.0 Å². The summed E-state index contributed by atoms with van der Waals surface area (Å²) in [7, 11) is 0. The van der Waals surface area contributed by atoms with Crippen molar-refractivity contribution in [3.8, 4) is 0 Å². The zero-order chi connectivity index (χ0) is 20.8. The first-order valence-electron chi connectivity index (χ1n) is 10.3. The SMILES string of the molecule is CCSc1ccc(CC(=O)Nc2ccc(C3(SNc4ccccc4)CC3)cc2)cc1. The first kappa shape index (κ1) is 20.9. The molecule has 0 bridgehead atoms. The second kappa shape index (κ2) is 9.63. The molecule has 0 heterocycles. The normalized spacial score (nSPS) is 14.2. The minimum Gasteiger partial charge on any atom is -0.329 e. The van der Waals surface area contributed by atoms with Crippen LogP contribution in [0, 0.1) is 0 Å². The summed E-state index contributed by atoms with van der Waals surface area (Å²) >= 11 is 3.59. The van der Waals surface area contributed by atoms with E-state index in [0.717, 1.165) is 35.5 Å². The van der Waals surface area contributed by atoms with Gasteiger partial charge >= 0.3 is 0 Å². The van der Waals surface area contributed by atoms with E-state index in [9.17, 15) is 4.79 Å². The molecule has 3 aromatic rings. The molecule has 0 aliphatic heterocycles. The number of para-hydroxylation sites is 1. The van der Waals surface area contributed by atoms with Gasteiger partial charge in [-0.2, -0.15) is 0 Å². The van der Waals surface area contributed by atoms with Crippen molar-refractivity contribution in [1.82, 2.24) is 0 Å². The van der Waals surface area contributed by atoms with Crippen LogP contribution in [0.15, 0.2) is 83.8 Å². The molecule has 0 radical (unpaired) electrons. The number of carbonyl (C=O) groups is 1. The minimum atomic E-state index is 0.0138. The molecular formula is C25H26N2OS2. The van der Waals surface area contributed by atoms with Crippen molar-refractivity contribution in [2.45, 2.75) is 35.8 Å². The average Bonchev–Trinajstić information content (AvgIpc) is 3.56. The molecule has 3 nitrogen and oxygen atoms in total. The molecule has 1 aliphatic rings. The van der Waals surface area contributed by atoms with E-state index in [1.165, 1.54) is 10.5 Å².